The van der Waals surface area contributed by atoms with E-state index < -0.39 is 11.9 Å². The highest BCUT2D eigenvalue weighted by Crippen LogP contribution is 2.31. The fourth-order valence-electron chi connectivity index (χ4n) is 2.98. The van der Waals surface area contributed by atoms with Crippen molar-refractivity contribution in [1.29, 1.82) is 0 Å². The number of amides is 2. The predicted molar refractivity (Wildman–Crippen MR) is 93.6 cm³/mol. The standard InChI is InChI=1S/C17H20N4O5/c1-26-17(25)11-9-21(7-8-22)16(24)14(11)20-12-4-2-3-10-13(12)18-5-6-19-15(10)23/h2-4,18,20,22H,5-9H2,1H3,(H,19,23). The minimum Gasteiger partial charge on any atom is -0.466 e. The maximum atomic E-state index is 12.6. The highest BCUT2D eigenvalue weighted by molar-refractivity contribution is 6.10. The topological polar surface area (TPSA) is 120 Å². The van der Waals surface area contributed by atoms with Crippen LogP contribution in [0.15, 0.2) is 29.5 Å². The van der Waals surface area contributed by atoms with E-state index in [-0.39, 0.29) is 36.9 Å². The molecule has 0 radical (unpaired) electrons. The number of ether oxygens (including phenoxy) is 1. The Morgan fingerprint density at radius 3 is 2.81 bits per heavy atom. The molecule has 0 aromatic heterocycles. The van der Waals surface area contributed by atoms with Gasteiger partial charge in [-0.1, -0.05) is 6.07 Å². The number of carbonyl (C=O) groups is 3. The largest absolute Gasteiger partial charge is 0.466 e. The van der Waals surface area contributed by atoms with E-state index in [1.807, 2.05) is 0 Å². The number of esters is 1. The van der Waals surface area contributed by atoms with Crippen LogP contribution in [-0.4, -0.2) is 67.7 Å². The number of anilines is 2. The second-order valence-electron chi connectivity index (χ2n) is 5.83. The van der Waals surface area contributed by atoms with Crippen LogP contribution in [0.5, 0.6) is 0 Å². The van der Waals surface area contributed by atoms with Gasteiger partial charge in [0.1, 0.15) is 5.70 Å². The minimum absolute atomic E-state index is 0.0529. The summed E-state index contributed by atoms with van der Waals surface area (Å²) < 4.78 is 4.77. The lowest BCUT2D eigenvalue weighted by Gasteiger charge is -2.17. The van der Waals surface area contributed by atoms with Crippen LogP contribution in [0.2, 0.25) is 0 Å². The van der Waals surface area contributed by atoms with Crippen molar-refractivity contribution in [3.8, 4) is 0 Å². The van der Waals surface area contributed by atoms with E-state index in [0.29, 0.717) is 30.0 Å². The van der Waals surface area contributed by atoms with E-state index in [1.54, 1.807) is 18.2 Å². The molecule has 0 fully saturated rings. The van der Waals surface area contributed by atoms with Crippen molar-refractivity contribution < 1.29 is 24.2 Å². The van der Waals surface area contributed by atoms with Crippen molar-refractivity contribution in [3.05, 3.63) is 35.0 Å². The van der Waals surface area contributed by atoms with Crippen LogP contribution < -0.4 is 16.0 Å². The molecule has 0 saturated heterocycles. The van der Waals surface area contributed by atoms with Gasteiger partial charge in [-0.15, -0.1) is 0 Å². The monoisotopic (exact) mass is 360 g/mol. The molecule has 0 aliphatic carbocycles. The first-order chi connectivity index (χ1) is 12.6. The van der Waals surface area contributed by atoms with Gasteiger partial charge in [0, 0.05) is 19.6 Å². The van der Waals surface area contributed by atoms with Gasteiger partial charge in [0.25, 0.3) is 11.8 Å². The average molecular weight is 360 g/mol. The van der Waals surface area contributed by atoms with E-state index in [4.69, 9.17) is 9.84 Å². The molecule has 2 heterocycles. The molecular weight excluding hydrogens is 340 g/mol. The van der Waals surface area contributed by atoms with Crippen LogP contribution >= 0.6 is 0 Å². The highest BCUT2D eigenvalue weighted by atomic mass is 16.5. The molecule has 0 unspecified atom stereocenters. The van der Waals surface area contributed by atoms with Gasteiger partial charge in [0.2, 0.25) is 0 Å². The van der Waals surface area contributed by atoms with Gasteiger partial charge < -0.3 is 30.7 Å². The second kappa shape index (κ2) is 7.44. The molecule has 9 heteroatoms. The molecule has 0 spiro atoms. The zero-order chi connectivity index (χ0) is 18.7. The summed E-state index contributed by atoms with van der Waals surface area (Å²) in [5.41, 5.74) is 1.79. The molecule has 4 N–H and O–H groups in total. The lowest BCUT2D eigenvalue weighted by Crippen LogP contribution is -2.31. The van der Waals surface area contributed by atoms with E-state index in [1.165, 1.54) is 12.0 Å². The molecule has 0 bridgehead atoms. The number of hydrogen-bond acceptors (Lipinski definition) is 7. The van der Waals surface area contributed by atoms with Crippen LogP contribution in [0, 0.1) is 0 Å². The van der Waals surface area contributed by atoms with Gasteiger partial charge >= 0.3 is 5.97 Å². The predicted octanol–water partition coefficient (Wildman–Crippen LogP) is -0.485. The molecule has 0 atom stereocenters. The molecule has 3 rings (SSSR count). The smallest absolute Gasteiger partial charge is 0.337 e. The van der Waals surface area contributed by atoms with Crippen molar-refractivity contribution in [2.75, 3.05) is 50.5 Å². The highest BCUT2D eigenvalue weighted by Gasteiger charge is 2.35. The number of para-hydroxylation sites is 1. The van der Waals surface area contributed by atoms with Crippen LogP contribution in [0.3, 0.4) is 0 Å². The van der Waals surface area contributed by atoms with E-state index in [2.05, 4.69) is 16.0 Å². The number of aliphatic hydroxyl groups is 1. The molecule has 138 valence electrons. The molecule has 1 aromatic carbocycles. The van der Waals surface area contributed by atoms with Crippen molar-refractivity contribution in [2.45, 2.75) is 0 Å². The van der Waals surface area contributed by atoms with Gasteiger partial charge in [0.05, 0.1) is 42.8 Å². The van der Waals surface area contributed by atoms with E-state index in [9.17, 15) is 14.4 Å². The Kier molecular flexibility index (Phi) is 5.08. The molecule has 2 amide bonds. The Morgan fingerprint density at radius 2 is 2.08 bits per heavy atom. The normalized spacial score (nSPS) is 16.6. The summed E-state index contributed by atoms with van der Waals surface area (Å²) >= 11 is 0. The first-order valence-corrected chi connectivity index (χ1v) is 8.20. The first-order valence-electron chi connectivity index (χ1n) is 8.20. The SMILES string of the molecule is COC(=O)C1=C(Nc2cccc3c2NCCNC3=O)C(=O)N(CCO)C1. The molecule has 1 aromatic rings. The van der Waals surface area contributed by atoms with Crippen LogP contribution in [0.4, 0.5) is 11.4 Å². The maximum Gasteiger partial charge on any atom is 0.337 e. The Balaban J connectivity index is 1.98. The Morgan fingerprint density at radius 1 is 1.31 bits per heavy atom. The van der Waals surface area contributed by atoms with Gasteiger partial charge in [-0.05, 0) is 12.1 Å². The summed E-state index contributed by atoms with van der Waals surface area (Å²) in [5, 5.41) is 18.0. The number of benzene rings is 1. The molecular formula is C17H20N4O5. The summed E-state index contributed by atoms with van der Waals surface area (Å²) in [6.07, 6.45) is 0. The fourth-order valence-corrected chi connectivity index (χ4v) is 2.98. The fraction of sp³-hybridized carbons (Fsp3) is 0.353. The minimum atomic E-state index is -0.617. The van der Waals surface area contributed by atoms with Crippen molar-refractivity contribution in [2.24, 2.45) is 0 Å². The number of β-amino-alcohol motifs (C(OH)–C–C–N with tert-alkyl or cyclic N) is 1. The number of methoxy groups -OCH3 is 1. The Bertz CT molecular complexity index is 789. The third-order valence-electron chi connectivity index (χ3n) is 4.23. The molecule has 26 heavy (non-hydrogen) atoms. The van der Waals surface area contributed by atoms with Crippen LogP contribution in [0.25, 0.3) is 0 Å². The zero-order valence-electron chi connectivity index (χ0n) is 14.3. The quantitative estimate of drug-likeness (QED) is 0.523. The third-order valence-corrected chi connectivity index (χ3v) is 4.23. The van der Waals surface area contributed by atoms with E-state index >= 15 is 0 Å². The molecule has 9 nitrogen and oxygen atoms in total. The number of aliphatic hydroxyl groups excluding tert-OH is 1. The number of nitrogens with zero attached hydrogens (tertiary/aromatic N) is 1. The zero-order valence-corrected chi connectivity index (χ0v) is 14.3. The first kappa shape index (κ1) is 17.7. The lowest BCUT2D eigenvalue weighted by molar-refractivity contribution is -0.136. The number of carbonyl (C=O) groups excluding carboxylic acids is 3. The Hall–Kier alpha value is -3.07. The number of nitrogens with one attached hydrogen (secondary N) is 3. The van der Waals surface area contributed by atoms with Crippen molar-refractivity contribution in [3.63, 3.8) is 0 Å². The number of rotatable bonds is 5. The molecule has 2 aliphatic rings. The van der Waals surface area contributed by atoms with Crippen molar-refractivity contribution >= 4 is 29.2 Å². The average Bonchev–Trinajstić information content (AvgIpc) is 2.82. The maximum absolute atomic E-state index is 12.6. The summed E-state index contributed by atoms with van der Waals surface area (Å²) in [4.78, 5) is 38.2. The van der Waals surface area contributed by atoms with E-state index in [0.717, 1.165) is 0 Å². The summed E-state index contributed by atoms with van der Waals surface area (Å²) in [6.45, 7) is 0.961. The number of fused-ring (bicyclic) bond motifs is 1. The third kappa shape index (κ3) is 3.21. The van der Waals surface area contributed by atoms with Crippen molar-refractivity contribution in [1.82, 2.24) is 10.2 Å². The van der Waals surface area contributed by atoms with Gasteiger partial charge in [-0.2, -0.15) is 0 Å². The van der Waals surface area contributed by atoms with Gasteiger partial charge in [-0.3, -0.25) is 9.59 Å². The van der Waals surface area contributed by atoms with Gasteiger partial charge in [0.15, 0.2) is 0 Å². The second-order valence-corrected chi connectivity index (χ2v) is 5.83. The van der Waals surface area contributed by atoms with Crippen LogP contribution in [0.1, 0.15) is 10.4 Å². The lowest BCUT2D eigenvalue weighted by atomic mass is 10.1. The molecule has 0 saturated carbocycles. The summed E-state index contributed by atoms with van der Waals surface area (Å²) in [6, 6.07) is 5.09. The number of hydrogen-bond donors (Lipinski definition) is 4. The molecule has 2 aliphatic heterocycles. The Labute approximate surface area is 150 Å². The summed E-state index contributed by atoms with van der Waals surface area (Å²) in [7, 11) is 1.24. The van der Waals surface area contributed by atoms with Gasteiger partial charge in [-0.25, -0.2) is 4.79 Å². The van der Waals surface area contributed by atoms with Crippen LogP contribution in [-0.2, 0) is 14.3 Å². The summed E-state index contributed by atoms with van der Waals surface area (Å²) in [5.74, 6) is -1.24.